The number of benzene rings is 2. The first kappa shape index (κ1) is 14.4. The fourth-order valence-electron chi connectivity index (χ4n) is 3.79. The second kappa shape index (κ2) is 5.78. The second-order valence-electron chi connectivity index (χ2n) is 6.76. The Bertz CT molecular complexity index is 745. The molecule has 2 aromatic carbocycles. The number of hydrogen-bond donors (Lipinski definition) is 0. The van der Waals surface area contributed by atoms with Gasteiger partial charge in [-0.15, -0.1) is 0 Å². The Kier molecular flexibility index (Phi) is 3.62. The maximum absolute atomic E-state index is 12.7. The molecular formula is C21H21NO. The van der Waals surface area contributed by atoms with E-state index in [9.17, 15) is 4.79 Å². The van der Waals surface area contributed by atoms with E-state index in [0.29, 0.717) is 11.7 Å². The van der Waals surface area contributed by atoms with Crippen molar-refractivity contribution < 1.29 is 4.79 Å². The first-order valence-corrected chi connectivity index (χ1v) is 8.30. The molecule has 0 amide bonds. The summed E-state index contributed by atoms with van der Waals surface area (Å²) < 4.78 is 0. The fraction of sp³-hybridized carbons (Fsp3) is 0.286. The van der Waals surface area contributed by atoms with Crippen LogP contribution in [-0.4, -0.2) is 23.8 Å². The van der Waals surface area contributed by atoms with Crippen LogP contribution in [0.15, 0.2) is 60.7 Å². The lowest BCUT2D eigenvalue weighted by Gasteiger charge is -2.16. The van der Waals surface area contributed by atoms with Crippen molar-refractivity contribution in [2.45, 2.75) is 13.5 Å². The second-order valence-corrected chi connectivity index (χ2v) is 6.76. The Hall–Kier alpha value is -2.19. The number of rotatable bonds is 3. The predicted molar refractivity (Wildman–Crippen MR) is 92.9 cm³/mol. The number of nitrogens with zero attached hydrogens (tertiary/aromatic N) is 1. The first-order chi connectivity index (χ1) is 11.2. The van der Waals surface area contributed by atoms with Crippen molar-refractivity contribution in [3.8, 4) is 0 Å². The molecule has 1 aliphatic carbocycles. The lowest BCUT2D eigenvalue weighted by atomic mass is 9.97. The predicted octanol–water partition coefficient (Wildman–Crippen LogP) is 3.71. The van der Waals surface area contributed by atoms with Gasteiger partial charge in [-0.2, -0.15) is 0 Å². The molecule has 1 aliphatic heterocycles. The molecule has 0 N–H and O–H groups in total. The van der Waals surface area contributed by atoms with Gasteiger partial charge >= 0.3 is 0 Å². The van der Waals surface area contributed by atoms with Gasteiger partial charge in [-0.25, -0.2) is 0 Å². The first-order valence-electron chi connectivity index (χ1n) is 8.30. The van der Waals surface area contributed by atoms with Crippen molar-refractivity contribution in [2.24, 2.45) is 11.8 Å². The van der Waals surface area contributed by atoms with Crippen molar-refractivity contribution in [3.05, 3.63) is 77.4 Å². The average Bonchev–Trinajstić information content (AvgIpc) is 3.10. The van der Waals surface area contributed by atoms with E-state index < -0.39 is 0 Å². The van der Waals surface area contributed by atoms with Crippen LogP contribution in [0.3, 0.4) is 0 Å². The van der Waals surface area contributed by atoms with Crippen LogP contribution in [0, 0.1) is 18.8 Å². The van der Waals surface area contributed by atoms with Crippen LogP contribution >= 0.6 is 0 Å². The van der Waals surface area contributed by atoms with E-state index >= 15 is 0 Å². The maximum Gasteiger partial charge on any atom is 0.168 e. The number of hydrogen-bond acceptors (Lipinski definition) is 2. The minimum absolute atomic E-state index is 0.149. The monoisotopic (exact) mass is 303 g/mol. The van der Waals surface area contributed by atoms with Crippen molar-refractivity contribution >= 4 is 11.4 Å². The number of aryl methyl sites for hydroxylation is 1. The topological polar surface area (TPSA) is 20.3 Å². The van der Waals surface area contributed by atoms with Crippen LogP contribution in [0.5, 0.6) is 0 Å². The van der Waals surface area contributed by atoms with E-state index in [1.165, 1.54) is 11.1 Å². The molecule has 0 bridgehead atoms. The summed E-state index contributed by atoms with van der Waals surface area (Å²) in [5, 5.41) is 0. The zero-order valence-electron chi connectivity index (χ0n) is 13.4. The largest absolute Gasteiger partial charge is 0.298 e. The van der Waals surface area contributed by atoms with Gasteiger partial charge in [-0.05, 0) is 18.1 Å². The third kappa shape index (κ3) is 2.75. The van der Waals surface area contributed by atoms with Crippen LogP contribution in [0.1, 0.15) is 16.7 Å². The molecule has 4 rings (SSSR count). The standard InChI is InChI=1S/C21H21NO/c1-15-7-9-16(10-8-15)12-22-13-18-11-19(21(23)20(18)14-22)17-5-3-2-4-6-17/h2-11,18,20H,12-14H2,1H3. The van der Waals surface area contributed by atoms with Gasteiger partial charge in [0.05, 0.1) is 0 Å². The minimum atomic E-state index is 0.149. The van der Waals surface area contributed by atoms with Gasteiger partial charge in [0.2, 0.25) is 0 Å². The Morgan fingerprint density at radius 3 is 2.43 bits per heavy atom. The molecular weight excluding hydrogens is 282 g/mol. The molecule has 0 aromatic heterocycles. The maximum atomic E-state index is 12.7. The molecule has 2 aliphatic rings. The van der Waals surface area contributed by atoms with E-state index in [1.54, 1.807) is 0 Å². The molecule has 0 saturated carbocycles. The molecule has 1 heterocycles. The summed E-state index contributed by atoms with van der Waals surface area (Å²) in [5.41, 5.74) is 4.61. The van der Waals surface area contributed by atoms with E-state index in [1.807, 2.05) is 30.3 Å². The zero-order valence-corrected chi connectivity index (χ0v) is 13.4. The minimum Gasteiger partial charge on any atom is -0.298 e. The smallest absolute Gasteiger partial charge is 0.168 e. The molecule has 0 radical (unpaired) electrons. The number of likely N-dealkylation sites (tertiary alicyclic amines) is 1. The summed E-state index contributed by atoms with van der Waals surface area (Å²) in [6, 6.07) is 18.8. The SMILES string of the molecule is Cc1ccc(CN2CC3C=C(c4ccccc4)C(=O)C3C2)cc1. The molecule has 116 valence electrons. The Morgan fingerprint density at radius 2 is 1.74 bits per heavy atom. The highest BCUT2D eigenvalue weighted by molar-refractivity contribution is 6.24. The molecule has 2 unspecified atom stereocenters. The summed E-state index contributed by atoms with van der Waals surface area (Å²) in [7, 11) is 0. The summed E-state index contributed by atoms with van der Waals surface area (Å²) in [6.45, 7) is 4.92. The lowest BCUT2D eigenvalue weighted by Crippen LogP contribution is -2.23. The van der Waals surface area contributed by atoms with Gasteiger partial charge in [0.1, 0.15) is 0 Å². The van der Waals surface area contributed by atoms with Crippen LogP contribution in [-0.2, 0) is 11.3 Å². The summed E-state index contributed by atoms with van der Waals surface area (Å²) in [5.74, 6) is 0.853. The van der Waals surface area contributed by atoms with Crippen molar-refractivity contribution in [1.29, 1.82) is 0 Å². The van der Waals surface area contributed by atoms with Crippen LogP contribution in [0.2, 0.25) is 0 Å². The van der Waals surface area contributed by atoms with E-state index in [4.69, 9.17) is 0 Å². The van der Waals surface area contributed by atoms with Crippen molar-refractivity contribution in [2.75, 3.05) is 13.1 Å². The Labute approximate surface area is 137 Å². The number of carbonyl (C=O) groups is 1. The van der Waals surface area contributed by atoms with Crippen molar-refractivity contribution in [1.82, 2.24) is 4.90 Å². The van der Waals surface area contributed by atoms with Crippen LogP contribution in [0.4, 0.5) is 0 Å². The summed E-state index contributed by atoms with van der Waals surface area (Å²) in [4.78, 5) is 15.1. The number of allylic oxidation sites excluding steroid dienone is 1. The lowest BCUT2D eigenvalue weighted by molar-refractivity contribution is -0.116. The molecule has 0 spiro atoms. The number of Topliss-reactive ketones (excluding diaryl/α,β-unsaturated/α-hetero) is 1. The molecule has 2 nitrogen and oxygen atoms in total. The fourth-order valence-corrected chi connectivity index (χ4v) is 3.79. The summed E-state index contributed by atoms with van der Waals surface area (Å²) in [6.07, 6.45) is 2.21. The van der Waals surface area contributed by atoms with Crippen LogP contribution < -0.4 is 0 Å². The van der Waals surface area contributed by atoms with Gasteiger partial charge in [0, 0.05) is 37.0 Å². The summed E-state index contributed by atoms with van der Waals surface area (Å²) >= 11 is 0. The van der Waals surface area contributed by atoms with Crippen LogP contribution in [0.25, 0.3) is 5.57 Å². The molecule has 2 heteroatoms. The highest BCUT2D eigenvalue weighted by Crippen LogP contribution is 2.38. The van der Waals surface area contributed by atoms with Gasteiger partial charge in [-0.3, -0.25) is 9.69 Å². The van der Waals surface area contributed by atoms with E-state index in [2.05, 4.69) is 42.2 Å². The van der Waals surface area contributed by atoms with Gasteiger partial charge in [0.15, 0.2) is 5.78 Å². The molecule has 2 atom stereocenters. The molecule has 1 fully saturated rings. The Balaban J connectivity index is 1.48. The number of carbonyl (C=O) groups excluding carboxylic acids is 1. The highest BCUT2D eigenvalue weighted by atomic mass is 16.1. The molecule has 2 aromatic rings. The third-order valence-electron chi connectivity index (χ3n) is 5.04. The highest BCUT2D eigenvalue weighted by Gasteiger charge is 2.42. The zero-order chi connectivity index (χ0) is 15.8. The molecule has 1 saturated heterocycles. The number of fused-ring (bicyclic) bond motifs is 1. The molecule has 23 heavy (non-hydrogen) atoms. The van der Waals surface area contributed by atoms with Gasteiger partial charge in [-0.1, -0.05) is 66.2 Å². The third-order valence-corrected chi connectivity index (χ3v) is 5.04. The average molecular weight is 303 g/mol. The van der Waals surface area contributed by atoms with E-state index in [0.717, 1.165) is 30.8 Å². The van der Waals surface area contributed by atoms with E-state index in [-0.39, 0.29) is 5.92 Å². The normalized spacial score (nSPS) is 23.9. The van der Waals surface area contributed by atoms with Gasteiger partial charge < -0.3 is 0 Å². The van der Waals surface area contributed by atoms with Gasteiger partial charge in [0.25, 0.3) is 0 Å². The quantitative estimate of drug-likeness (QED) is 0.861. The Morgan fingerprint density at radius 1 is 1.00 bits per heavy atom. The van der Waals surface area contributed by atoms with Crippen molar-refractivity contribution in [3.63, 3.8) is 0 Å². The number of ketones is 1.